The van der Waals surface area contributed by atoms with Crippen molar-refractivity contribution in [3.8, 4) is 5.75 Å². The second-order valence-corrected chi connectivity index (χ2v) is 4.34. The first kappa shape index (κ1) is 15.5. The summed E-state index contributed by atoms with van der Waals surface area (Å²) in [5.74, 6) is -1.83. The number of hydrogen-bond donors (Lipinski definition) is 2. The van der Waals surface area contributed by atoms with Crippen molar-refractivity contribution in [2.45, 2.75) is 0 Å². The number of benzene rings is 1. The van der Waals surface area contributed by atoms with E-state index in [-0.39, 0.29) is 5.52 Å². The molecular formula is C11H7ClFN3O6. The number of carbonyl (C=O) groups is 1. The second-order valence-electron chi connectivity index (χ2n) is 3.96. The van der Waals surface area contributed by atoms with Crippen molar-refractivity contribution >= 4 is 34.3 Å². The summed E-state index contributed by atoms with van der Waals surface area (Å²) in [7, 11) is 1.34. The van der Waals surface area contributed by atoms with E-state index in [1.54, 1.807) is 0 Å². The molecule has 2 rings (SSSR count). The van der Waals surface area contributed by atoms with Gasteiger partial charge in [-0.1, -0.05) is 11.6 Å². The minimum absolute atomic E-state index is 0.318. The summed E-state index contributed by atoms with van der Waals surface area (Å²) in [6, 6.07) is 0.676. The maximum atomic E-state index is 13.7. The van der Waals surface area contributed by atoms with E-state index in [0.717, 1.165) is 10.9 Å². The van der Waals surface area contributed by atoms with Crippen LogP contribution < -0.4 is 15.6 Å². The number of nitro groups is 1. The Morgan fingerprint density at radius 3 is 2.73 bits per heavy atom. The molecule has 0 aliphatic rings. The van der Waals surface area contributed by atoms with Crippen LogP contribution in [0, 0.1) is 15.9 Å². The fourth-order valence-corrected chi connectivity index (χ4v) is 2.12. The summed E-state index contributed by atoms with van der Waals surface area (Å²) < 4.78 is 18.9. The number of rotatable bonds is 3. The van der Waals surface area contributed by atoms with Gasteiger partial charge in [0.05, 0.1) is 16.5 Å². The summed E-state index contributed by atoms with van der Waals surface area (Å²) in [6.07, 6.45) is -0.872. The molecule has 0 radical (unpaired) electrons. The topological polar surface area (TPSA) is 124 Å². The van der Waals surface area contributed by atoms with E-state index in [9.17, 15) is 24.1 Å². The molecule has 22 heavy (non-hydrogen) atoms. The SMILES string of the molecule is CNn1cc(OC(=O)O)c(=O)c2cc(F)c(Cl)c([N+](=O)[O-])c21. The first-order chi connectivity index (χ1) is 10.3. The van der Waals surface area contributed by atoms with Gasteiger partial charge in [-0.15, -0.1) is 0 Å². The lowest BCUT2D eigenvalue weighted by molar-refractivity contribution is -0.383. The highest BCUT2D eigenvalue weighted by Gasteiger charge is 2.27. The average Bonchev–Trinajstić information content (AvgIpc) is 2.43. The van der Waals surface area contributed by atoms with Crippen molar-refractivity contribution in [1.82, 2.24) is 4.68 Å². The molecule has 1 aromatic carbocycles. The molecule has 2 N–H and O–H groups in total. The molecule has 0 amide bonds. The number of ether oxygens (including phenoxy) is 1. The molecule has 1 heterocycles. The predicted molar refractivity (Wildman–Crippen MR) is 73.8 cm³/mol. The number of halogens is 2. The summed E-state index contributed by atoms with van der Waals surface area (Å²) in [5.41, 5.74) is 0.300. The smallest absolute Gasteiger partial charge is 0.449 e. The number of aromatic nitrogens is 1. The van der Waals surface area contributed by atoms with Crippen molar-refractivity contribution in [2.75, 3.05) is 12.5 Å². The zero-order chi connectivity index (χ0) is 16.6. The van der Waals surface area contributed by atoms with E-state index in [1.807, 2.05) is 0 Å². The van der Waals surface area contributed by atoms with Crippen molar-refractivity contribution in [3.05, 3.63) is 43.4 Å². The van der Waals surface area contributed by atoms with Crippen LogP contribution in [0.25, 0.3) is 10.9 Å². The van der Waals surface area contributed by atoms with Crippen molar-refractivity contribution in [2.24, 2.45) is 0 Å². The molecule has 0 bridgehead atoms. The minimum atomic E-state index is -1.76. The first-order valence-corrected chi connectivity index (χ1v) is 5.96. The van der Waals surface area contributed by atoms with Gasteiger partial charge in [0.1, 0.15) is 5.82 Å². The Kier molecular flexibility index (Phi) is 3.87. The highest BCUT2D eigenvalue weighted by molar-refractivity contribution is 6.34. The van der Waals surface area contributed by atoms with E-state index in [0.29, 0.717) is 6.07 Å². The molecule has 1 aromatic heterocycles. The number of hydrogen-bond acceptors (Lipinski definition) is 6. The van der Waals surface area contributed by atoms with Crippen LogP contribution in [0.5, 0.6) is 5.75 Å². The zero-order valence-electron chi connectivity index (χ0n) is 10.8. The molecule has 0 aliphatic carbocycles. The minimum Gasteiger partial charge on any atom is -0.449 e. The van der Waals surface area contributed by atoms with Gasteiger partial charge in [0.2, 0.25) is 11.2 Å². The van der Waals surface area contributed by atoms with Crippen LogP contribution in [0.1, 0.15) is 0 Å². The normalized spacial score (nSPS) is 10.5. The molecule has 0 saturated heterocycles. The third-order valence-corrected chi connectivity index (χ3v) is 3.10. The van der Waals surface area contributed by atoms with Gasteiger partial charge in [0, 0.05) is 7.05 Å². The molecule has 0 spiro atoms. The molecule has 0 saturated carbocycles. The van der Waals surface area contributed by atoms with Gasteiger partial charge in [-0.2, -0.15) is 0 Å². The lowest BCUT2D eigenvalue weighted by Crippen LogP contribution is -2.20. The number of nitrogens with zero attached hydrogens (tertiary/aromatic N) is 2. The van der Waals surface area contributed by atoms with Gasteiger partial charge < -0.3 is 15.3 Å². The zero-order valence-corrected chi connectivity index (χ0v) is 11.5. The lowest BCUT2D eigenvalue weighted by Gasteiger charge is -2.12. The van der Waals surface area contributed by atoms with Gasteiger partial charge in [-0.25, -0.2) is 9.18 Å². The highest BCUT2D eigenvalue weighted by Crippen LogP contribution is 2.34. The first-order valence-electron chi connectivity index (χ1n) is 5.58. The second kappa shape index (κ2) is 5.48. The van der Waals surface area contributed by atoms with E-state index in [4.69, 9.17) is 16.7 Å². The predicted octanol–water partition coefficient (Wildman–Crippen LogP) is 1.93. The van der Waals surface area contributed by atoms with Crippen LogP contribution in [0.4, 0.5) is 14.9 Å². The number of nitro benzene ring substituents is 1. The van der Waals surface area contributed by atoms with Gasteiger partial charge in [0.25, 0.3) is 0 Å². The van der Waals surface area contributed by atoms with Crippen molar-refractivity contribution in [3.63, 3.8) is 0 Å². The molecule has 2 aromatic rings. The number of fused-ring (bicyclic) bond motifs is 1. The largest absolute Gasteiger partial charge is 0.511 e. The summed E-state index contributed by atoms with van der Waals surface area (Å²) in [4.78, 5) is 32.8. The van der Waals surface area contributed by atoms with E-state index < -0.39 is 44.2 Å². The fraction of sp³-hybridized carbons (Fsp3) is 0.0909. The molecule has 116 valence electrons. The summed E-state index contributed by atoms with van der Waals surface area (Å²) in [5, 5.41) is 18.5. The Hall–Kier alpha value is -2.88. The highest BCUT2D eigenvalue weighted by atomic mass is 35.5. The maximum absolute atomic E-state index is 13.7. The summed E-state index contributed by atoms with van der Waals surface area (Å²) in [6.45, 7) is 0. The molecule has 0 fully saturated rings. The van der Waals surface area contributed by atoms with Crippen LogP contribution in [-0.2, 0) is 0 Å². The van der Waals surface area contributed by atoms with Gasteiger partial charge in [-0.3, -0.25) is 19.6 Å². The molecular weight excluding hydrogens is 325 g/mol. The van der Waals surface area contributed by atoms with Crippen LogP contribution in [0.2, 0.25) is 5.02 Å². The van der Waals surface area contributed by atoms with Crippen LogP contribution in [0.3, 0.4) is 0 Å². The Morgan fingerprint density at radius 2 is 2.23 bits per heavy atom. The third-order valence-electron chi connectivity index (χ3n) is 2.74. The van der Waals surface area contributed by atoms with Gasteiger partial charge in [0.15, 0.2) is 10.5 Å². The van der Waals surface area contributed by atoms with Crippen molar-refractivity contribution in [1.29, 1.82) is 0 Å². The monoisotopic (exact) mass is 331 g/mol. The van der Waals surface area contributed by atoms with Gasteiger partial charge >= 0.3 is 11.8 Å². The number of nitrogens with one attached hydrogen (secondary N) is 1. The maximum Gasteiger partial charge on any atom is 0.511 e. The van der Waals surface area contributed by atoms with Crippen LogP contribution in [-0.4, -0.2) is 27.9 Å². The Balaban J connectivity index is 3.02. The standard InChI is InChI=1S/C11H7ClFN3O6/c1-14-15-3-6(22-11(18)19)10(17)4-2-5(13)7(12)9(8(4)15)16(20)21/h2-3,14H,1H3,(H,18,19). The van der Waals surface area contributed by atoms with E-state index in [2.05, 4.69) is 10.2 Å². The quantitative estimate of drug-likeness (QED) is 0.500. The van der Waals surface area contributed by atoms with E-state index in [1.165, 1.54) is 7.05 Å². The molecule has 0 atom stereocenters. The third kappa shape index (κ3) is 2.39. The van der Waals surface area contributed by atoms with Crippen molar-refractivity contribution < 1.29 is 24.0 Å². The Morgan fingerprint density at radius 1 is 1.59 bits per heavy atom. The molecule has 11 heteroatoms. The van der Waals surface area contributed by atoms with E-state index >= 15 is 0 Å². The lowest BCUT2D eigenvalue weighted by atomic mass is 10.1. The molecule has 0 unspecified atom stereocenters. The summed E-state index contributed by atoms with van der Waals surface area (Å²) >= 11 is 5.59. The number of pyridine rings is 1. The average molecular weight is 332 g/mol. The van der Waals surface area contributed by atoms with Crippen LogP contribution >= 0.6 is 11.6 Å². The molecule has 9 nitrogen and oxygen atoms in total. The Bertz CT molecular complexity index is 865. The Labute approximate surface area is 125 Å². The van der Waals surface area contributed by atoms with Gasteiger partial charge in [-0.05, 0) is 6.07 Å². The molecule has 0 aliphatic heterocycles. The fourth-order valence-electron chi connectivity index (χ4n) is 1.90. The van der Waals surface area contributed by atoms with Crippen LogP contribution in [0.15, 0.2) is 17.1 Å². The number of carboxylic acid groups (broad SMARTS) is 1.